The molecule has 0 radical (unpaired) electrons. The number of ether oxygens (including phenoxy) is 2. The van der Waals surface area contributed by atoms with Crippen LogP contribution in [0.2, 0.25) is 0 Å². The number of thioether (sulfide) groups is 1. The first-order valence-corrected chi connectivity index (χ1v) is 12.2. The largest absolute Gasteiger partial charge is 0.497 e. The number of hydrogen-bond acceptors (Lipinski definition) is 5. The molecule has 1 fully saturated rings. The normalized spacial score (nSPS) is 19.0. The van der Waals surface area contributed by atoms with Crippen molar-refractivity contribution in [3.8, 4) is 11.5 Å². The average molecular weight is 451 g/mol. The van der Waals surface area contributed by atoms with Gasteiger partial charge in [-0.1, -0.05) is 55.3 Å². The Labute approximate surface area is 194 Å². The lowest BCUT2D eigenvalue weighted by atomic mass is 9.90. The molecule has 32 heavy (non-hydrogen) atoms. The standard InChI is InChI=1S/C26H30N2O3S/c1-30-22-14-10-21(11-15-22)24-18-32-26(27-24)28-25(29)16-9-19-7-12-23(13-8-19)31-17-20-5-3-2-4-6-20/h7-16,20,24H,2-6,17-18H2,1H3,(H,27,28,29)/b16-9+. The topological polar surface area (TPSA) is 59.9 Å². The quantitative estimate of drug-likeness (QED) is 0.556. The fourth-order valence-corrected chi connectivity index (χ4v) is 4.96. The lowest BCUT2D eigenvalue weighted by Gasteiger charge is -2.21. The van der Waals surface area contributed by atoms with Crippen LogP contribution in [0.4, 0.5) is 0 Å². The van der Waals surface area contributed by atoms with Gasteiger partial charge in [-0.2, -0.15) is 0 Å². The molecule has 1 amide bonds. The van der Waals surface area contributed by atoms with Crippen LogP contribution in [0.25, 0.3) is 6.08 Å². The van der Waals surface area contributed by atoms with Crippen LogP contribution in [0.3, 0.4) is 0 Å². The van der Waals surface area contributed by atoms with Gasteiger partial charge in [-0.05, 0) is 60.2 Å². The van der Waals surface area contributed by atoms with E-state index in [1.807, 2.05) is 48.5 Å². The van der Waals surface area contributed by atoms with Gasteiger partial charge >= 0.3 is 0 Å². The summed E-state index contributed by atoms with van der Waals surface area (Å²) in [6, 6.07) is 15.8. The summed E-state index contributed by atoms with van der Waals surface area (Å²) in [6.45, 7) is 0.800. The molecule has 2 aromatic carbocycles. The molecule has 2 aliphatic rings. The van der Waals surface area contributed by atoms with Crippen LogP contribution in [-0.4, -0.2) is 30.5 Å². The third kappa shape index (κ3) is 6.39. The highest BCUT2D eigenvalue weighted by Gasteiger charge is 2.21. The van der Waals surface area contributed by atoms with Gasteiger partial charge in [0.2, 0.25) is 5.91 Å². The second kappa shape index (κ2) is 11.2. The Morgan fingerprint density at radius 3 is 2.50 bits per heavy atom. The Bertz CT molecular complexity index is 948. The first-order chi connectivity index (χ1) is 15.7. The lowest BCUT2D eigenvalue weighted by Crippen LogP contribution is -2.25. The van der Waals surface area contributed by atoms with E-state index in [0.717, 1.165) is 35.0 Å². The van der Waals surface area contributed by atoms with Crippen LogP contribution >= 0.6 is 11.8 Å². The van der Waals surface area contributed by atoms with E-state index in [4.69, 9.17) is 9.47 Å². The van der Waals surface area contributed by atoms with Gasteiger partial charge in [0.25, 0.3) is 0 Å². The molecule has 6 heteroatoms. The molecule has 168 valence electrons. The molecule has 2 aromatic rings. The summed E-state index contributed by atoms with van der Waals surface area (Å²) in [7, 11) is 1.65. The van der Waals surface area contributed by atoms with Crippen molar-refractivity contribution in [1.29, 1.82) is 0 Å². The van der Waals surface area contributed by atoms with Gasteiger partial charge in [-0.3, -0.25) is 9.79 Å². The Kier molecular flexibility index (Phi) is 7.88. The van der Waals surface area contributed by atoms with Crippen LogP contribution < -0.4 is 14.8 Å². The van der Waals surface area contributed by atoms with Crippen LogP contribution in [0.15, 0.2) is 59.6 Å². The van der Waals surface area contributed by atoms with Gasteiger partial charge in [0.1, 0.15) is 11.5 Å². The van der Waals surface area contributed by atoms with E-state index in [9.17, 15) is 4.79 Å². The Balaban J connectivity index is 1.24. The number of benzene rings is 2. The maximum Gasteiger partial charge on any atom is 0.249 e. The van der Waals surface area contributed by atoms with Gasteiger partial charge in [0, 0.05) is 11.8 Å². The first-order valence-electron chi connectivity index (χ1n) is 11.3. The molecule has 1 atom stereocenters. The summed E-state index contributed by atoms with van der Waals surface area (Å²) in [6.07, 6.45) is 9.92. The molecule has 4 rings (SSSR count). The van der Waals surface area contributed by atoms with E-state index in [0.29, 0.717) is 11.1 Å². The highest BCUT2D eigenvalue weighted by Crippen LogP contribution is 2.30. The Morgan fingerprint density at radius 2 is 1.78 bits per heavy atom. The minimum Gasteiger partial charge on any atom is -0.497 e. The van der Waals surface area contributed by atoms with E-state index < -0.39 is 0 Å². The predicted molar refractivity (Wildman–Crippen MR) is 131 cm³/mol. The fourth-order valence-electron chi connectivity index (χ4n) is 4.00. The molecule has 1 aliphatic carbocycles. The number of aliphatic imine (C=N–C) groups is 1. The predicted octanol–water partition coefficient (Wildman–Crippen LogP) is 5.63. The molecule has 0 aromatic heterocycles. The number of methoxy groups -OCH3 is 1. The van der Waals surface area contributed by atoms with Crippen molar-refractivity contribution in [2.45, 2.75) is 38.1 Å². The highest BCUT2D eigenvalue weighted by molar-refractivity contribution is 8.14. The van der Waals surface area contributed by atoms with Crippen molar-refractivity contribution in [1.82, 2.24) is 5.32 Å². The van der Waals surface area contributed by atoms with Gasteiger partial charge in [-0.25, -0.2) is 0 Å². The van der Waals surface area contributed by atoms with Gasteiger partial charge in [0.15, 0.2) is 5.17 Å². The summed E-state index contributed by atoms with van der Waals surface area (Å²) in [4.78, 5) is 16.9. The van der Waals surface area contributed by atoms with E-state index in [1.165, 1.54) is 32.1 Å². The Morgan fingerprint density at radius 1 is 1.06 bits per heavy atom. The van der Waals surface area contributed by atoms with E-state index in [1.54, 1.807) is 31.0 Å². The number of nitrogens with one attached hydrogen (secondary N) is 1. The molecule has 0 saturated heterocycles. The first kappa shape index (κ1) is 22.5. The van der Waals surface area contributed by atoms with Crippen molar-refractivity contribution >= 4 is 28.9 Å². The highest BCUT2D eigenvalue weighted by atomic mass is 32.2. The molecule has 5 nitrogen and oxygen atoms in total. The number of amides is 1. The number of amidine groups is 1. The van der Waals surface area contributed by atoms with Gasteiger partial charge in [-0.15, -0.1) is 0 Å². The Hall–Kier alpha value is -2.73. The maximum atomic E-state index is 12.3. The van der Waals surface area contributed by atoms with Crippen molar-refractivity contribution < 1.29 is 14.3 Å². The summed E-state index contributed by atoms with van der Waals surface area (Å²) >= 11 is 1.56. The molecule has 1 N–H and O–H groups in total. The lowest BCUT2D eigenvalue weighted by molar-refractivity contribution is -0.115. The third-order valence-electron chi connectivity index (χ3n) is 5.90. The summed E-state index contributed by atoms with van der Waals surface area (Å²) in [5.74, 6) is 3.04. The number of nitrogens with zero attached hydrogens (tertiary/aromatic N) is 1. The summed E-state index contributed by atoms with van der Waals surface area (Å²) in [5, 5.41) is 3.54. The molecule has 1 unspecified atom stereocenters. The maximum absolute atomic E-state index is 12.3. The van der Waals surface area contributed by atoms with Crippen molar-refractivity contribution in [3.05, 3.63) is 65.7 Å². The van der Waals surface area contributed by atoms with Gasteiger partial charge < -0.3 is 14.8 Å². The van der Waals surface area contributed by atoms with Crippen LogP contribution in [-0.2, 0) is 4.79 Å². The van der Waals surface area contributed by atoms with E-state index in [2.05, 4.69) is 10.3 Å². The van der Waals surface area contributed by atoms with Gasteiger partial charge in [0.05, 0.1) is 19.8 Å². The van der Waals surface area contributed by atoms with Crippen molar-refractivity contribution in [2.75, 3.05) is 19.5 Å². The van der Waals surface area contributed by atoms with Crippen molar-refractivity contribution in [3.63, 3.8) is 0 Å². The zero-order valence-corrected chi connectivity index (χ0v) is 19.3. The zero-order chi connectivity index (χ0) is 22.2. The average Bonchev–Trinajstić information content (AvgIpc) is 3.31. The molecule has 0 spiro atoms. The summed E-state index contributed by atoms with van der Waals surface area (Å²) in [5.41, 5.74) is 2.08. The molecular formula is C26H30N2O3S. The van der Waals surface area contributed by atoms with Crippen LogP contribution in [0.5, 0.6) is 11.5 Å². The van der Waals surface area contributed by atoms with E-state index >= 15 is 0 Å². The number of rotatable bonds is 7. The molecule has 1 aliphatic heterocycles. The second-order valence-corrected chi connectivity index (χ2v) is 9.25. The molecule has 0 bridgehead atoms. The molecular weight excluding hydrogens is 420 g/mol. The second-order valence-electron chi connectivity index (χ2n) is 8.24. The van der Waals surface area contributed by atoms with Crippen LogP contribution in [0.1, 0.15) is 49.3 Å². The minimum atomic E-state index is -0.177. The minimum absolute atomic E-state index is 0.0475. The van der Waals surface area contributed by atoms with Crippen LogP contribution in [0, 0.1) is 5.92 Å². The SMILES string of the molecule is COc1ccc(C2CSC(NC(=O)/C=C/c3ccc(OCC4CCCCC4)cc3)=N2)cc1. The third-order valence-corrected chi connectivity index (χ3v) is 6.86. The number of carbonyl (C=O) groups is 1. The number of carbonyl (C=O) groups excluding carboxylic acids is 1. The smallest absolute Gasteiger partial charge is 0.249 e. The van der Waals surface area contributed by atoms with Crippen molar-refractivity contribution in [2.24, 2.45) is 10.9 Å². The monoisotopic (exact) mass is 450 g/mol. The molecule has 1 heterocycles. The molecule has 1 saturated carbocycles. The number of hydrogen-bond donors (Lipinski definition) is 1. The van der Waals surface area contributed by atoms with E-state index in [-0.39, 0.29) is 11.9 Å². The zero-order valence-electron chi connectivity index (χ0n) is 18.5. The summed E-state index contributed by atoms with van der Waals surface area (Å²) < 4.78 is 11.1. The fraction of sp³-hybridized carbons (Fsp3) is 0.385.